The second kappa shape index (κ2) is 7.53. The van der Waals surface area contributed by atoms with Crippen LogP contribution in [0.1, 0.15) is 23.3 Å². The van der Waals surface area contributed by atoms with Crippen molar-refractivity contribution in [2.75, 3.05) is 13.1 Å². The molecule has 1 aliphatic rings. The summed E-state index contributed by atoms with van der Waals surface area (Å²) in [7, 11) is 0. The van der Waals surface area contributed by atoms with Gasteiger partial charge in [0.1, 0.15) is 11.6 Å². The monoisotopic (exact) mass is 429 g/mol. The number of hydrogen-bond donors (Lipinski definition) is 0. The summed E-state index contributed by atoms with van der Waals surface area (Å²) >= 11 is 7.67. The van der Waals surface area contributed by atoms with Gasteiger partial charge < -0.3 is 18.6 Å². The summed E-state index contributed by atoms with van der Waals surface area (Å²) < 4.78 is 17.5. The number of aromatic nitrogens is 2. The summed E-state index contributed by atoms with van der Waals surface area (Å²) in [6.07, 6.45) is 2.99. The fraction of sp³-hybridized carbons (Fsp3) is 0.250. The lowest BCUT2D eigenvalue weighted by Crippen LogP contribution is -2.41. The molecule has 0 spiro atoms. The number of furan rings is 1. The van der Waals surface area contributed by atoms with Crippen molar-refractivity contribution in [1.82, 2.24) is 15.0 Å². The number of carbonyl (C=O) groups is 1. The zero-order valence-electron chi connectivity index (χ0n) is 15.2. The van der Waals surface area contributed by atoms with Crippen molar-refractivity contribution in [2.45, 2.75) is 18.9 Å². The van der Waals surface area contributed by atoms with Gasteiger partial charge in [-0.2, -0.15) is 0 Å². The number of thiazole rings is 1. The first-order valence-electron chi connectivity index (χ1n) is 9.19. The number of para-hydroxylation sites is 1. The first-order valence-corrected chi connectivity index (χ1v) is 10.4. The fourth-order valence-electron chi connectivity index (χ4n) is 3.34. The van der Waals surface area contributed by atoms with Crippen LogP contribution in [0.2, 0.25) is 5.02 Å². The summed E-state index contributed by atoms with van der Waals surface area (Å²) in [6, 6.07) is 10.8. The molecule has 9 heteroatoms. The molecule has 0 unspecified atom stereocenters. The highest BCUT2D eigenvalue weighted by molar-refractivity contribution is 7.20. The predicted molar refractivity (Wildman–Crippen MR) is 108 cm³/mol. The molecule has 0 aliphatic carbocycles. The number of ether oxygens (including phenoxy) is 1. The number of carbonyl (C=O) groups excluding carboxylic acids is 1. The van der Waals surface area contributed by atoms with Gasteiger partial charge in [0.05, 0.1) is 16.0 Å². The maximum atomic E-state index is 12.7. The Bertz CT molecular complexity index is 1150. The molecule has 1 amide bonds. The van der Waals surface area contributed by atoms with E-state index in [2.05, 4.69) is 10.1 Å². The first-order chi connectivity index (χ1) is 14.2. The average Bonchev–Trinajstić information content (AvgIpc) is 3.48. The normalized spacial score (nSPS) is 15.1. The van der Waals surface area contributed by atoms with Crippen LogP contribution in [0.3, 0.4) is 0 Å². The average molecular weight is 430 g/mol. The lowest BCUT2D eigenvalue weighted by molar-refractivity contribution is 0.0586. The summed E-state index contributed by atoms with van der Waals surface area (Å²) in [6.45, 7) is 1.16. The minimum atomic E-state index is -0.156. The van der Waals surface area contributed by atoms with Gasteiger partial charge in [-0.05, 0) is 24.3 Å². The largest absolute Gasteiger partial charge is 0.467 e. The lowest BCUT2D eigenvalue weighted by atomic mass is 10.1. The molecule has 0 saturated carbocycles. The number of fused-ring (bicyclic) bond motifs is 1. The lowest BCUT2D eigenvalue weighted by Gasteiger charge is -2.31. The molecule has 0 bridgehead atoms. The Kier molecular flexibility index (Phi) is 4.73. The SMILES string of the molecule is O=C(c1cc(-c2ccco2)on1)N1CCC(Oc2nc3c(Cl)cccc3s2)CC1. The molecule has 4 heterocycles. The molecule has 0 N–H and O–H groups in total. The van der Waals surface area contributed by atoms with Gasteiger partial charge in [0.25, 0.3) is 11.1 Å². The molecular weight excluding hydrogens is 414 g/mol. The number of hydrogen-bond acceptors (Lipinski definition) is 7. The van der Waals surface area contributed by atoms with Crippen molar-refractivity contribution in [2.24, 2.45) is 0 Å². The van der Waals surface area contributed by atoms with Crippen LogP contribution >= 0.6 is 22.9 Å². The zero-order chi connectivity index (χ0) is 19.8. The van der Waals surface area contributed by atoms with Crippen LogP contribution in [0.5, 0.6) is 5.19 Å². The third kappa shape index (κ3) is 3.61. The second-order valence-electron chi connectivity index (χ2n) is 6.73. The van der Waals surface area contributed by atoms with Gasteiger partial charge in [-0.15, -0.1) is 0 Å². The van der Waals surface area contributed by atoms with E-state index in [1.54, 1.807) is 29.4 Å². The Morgan fingerprint density at radius 1 is 1.21 bits per heavy atom. The molecule has 29 heavy (non-hydrogen) atoms. The second-order valence-corrected chi connectivity index (χ2v) is 8.13. The van der Waals surface area contributed by atoms with Gasteiger partial charge in [-0.25, -0.2) is 4.98 Å². The van der Waals surface area contributed by atoms with Gasteiger partial charge in [0, 0.05) is 32.0 Å². The van der Waals surface area contributed by atoms with Crippen molar-refractivity contribution in [3.05, 3.63) is 53.4 Å². The van der Waals surface area contributed by atoms with E-state index in [1.165, 1.54) is 11.3 Å². The van der Waals surface area contributed by atoms with E-state index in [1.807, 2.05) is 18.2 Å². The van der Waals surface area contributed by atoms with Crippen molar-refractivity contribution in [3.8, 4) is 16.7 Å². The molecular formula is C20H16ClN3O4S. The van der Waals surface area contributed by atoms with Gasteiger partial charge in [0.2, 0.25) is 5.76 Å². The Hall–Kier alpha value is -2.84. The van der Waals surface area contributed by atoms with Gasteiger partial charge in [-0.3, -0.25) is 4.79 Å². The van der Waals surface area contributed by atoms with E-state index in [-0.39, 0.29) is 17.7 Å². The highest BCUT2D eigenvalue weighted by Gasteiger charge is 2.27. The molecule has 1 fully saturated rings. The number of amides is 1. The summed E-state index contributed by atoms with van der Waals surface area (Å²) in [5.74, 6) is 0.822. The zero-order valence-corrected chi connectivity index (χ0v) is 16.8. The predicted octanol–water partition coefficient (Wildman–Crippen LogP) is 4.88. The summed E-state index contributed by atoms with van der Waals surface area (Å²) in [5.41, 5.74) is 1.04. The Balaban J connectivity index is 1.21. The van der Waals surface area contributed by atoms with Crippen molar-refractivity contribution < 1.29 is 18.5 Å². The highest BCUT2D eigenvalue weighted by atomic mass is 35.5. The molecule has 0 radical (unpaired) electrons. The number of rotatable bonds is 4. The summed E-state index contributed by atoms with van der Waals surface area (Å²) in [4.78, 5) is 19.0. The standard InChI is InChI=1S/C20H16ClN3O4S/c21-13-3-1-5-17-18(13)22-20(29-17)27-12-6-8-24(9-7-12)19(25)14-11-16(28-23-14)15-4-2-10-26-15/h1-5,10-12H,6-9H2. The van der Waals surface area contributed by atoms with E-state index in [9.17, 15) is 4.79 Å². The molecule has 4 aromatic rings. The van der Waals surface area contributed by atoms with E-state index >= 15 is 0 Å². The van der Waals surface area contributed by atoms with Gasteiger partial charge in [0.15, 0.2) is 11.5 Å². The number of likely N-dealkylation sites (tertiary alicyclic amines) is 1. The van der Waals surface area contributed by atoms with Crippen molar-refractivity contribution >= 4 is 39.1 Å². The number of halogens is 1. The van der Waals surface area contributed by atoms with E-state index in [0.717, 1.165) is 23.1 Å². The maximum absolute atomic E-state index is 12.7. The fourth-order valence-corrected chi connectivity index (χ4v) is 4.52. The molecule has 1 aliphatic heterocycles. The molecule has 1 saturated heterocycles. The molecule has 148 valence electrons. The number of benzene rings is 1. The minimum Gasteiger partial charge on any atom is -0.467 e. The quantitative estimate of drug-likeness (QED) is 0.459. The first kappa shape index (κ1) is 18.2. The number of nitrogens with zero attached hydrogens (tertiary/aromatic N) is 3. The Morgan fingerprint density at radius 3 is 2.83 bits per heavy atom. The van der Waals surface area contributed by atoms with Crippen LogP contribution in [0, 0.1) is 0 Å². The van der Waals surface area contributed by atoms with Gasteiger partial charge in [-0.1, -0.05) is 34.2 Å². The summed E-state index contributed by atoms with van der Waals surface area (Å²) in [5, 5.41) is 5.12. The van der Waals surface area contributed by atoms with Crippen LogP contribution in [0.4, 0.5) is 0 Å². The third-order valence-electron chi connectivity index (χ3n) is 4.84. The van der Waals surface area contributed by atoms with E-state index in [0.29, 0.717) is 34.8 Å². The molecule has 0 atom stereocenters. The topological polar surface area (TPSA) is 81.6 Å². The molecule has 3 aromatic heterocycles. The smallest absolute Gasteiger partial charge is 0.276 e. The van der Waals surface area contributed by atoms with Crippen LogP contribution in [0.15, 0.2) is 51.6 Å². The molecule has 5 rings (SSSR count). The van der Waals surface area contributed by atoms with Crippen LogP contribution in [-0.2, 0) is 0 Å². The Labute approximate surface area is 174 Å². The molecule has 1 aromatic carbocycles. The van der Waals surface area contributed by atoms with Crippen LogP contribution in [0.25, 0.3) is 21.7 Å². The molecule has 7 nitrogen and oxygen atoms in total. The Morgan fingerprint density at radius 2 is 2.07 bits per heavy atom. The van der Waals surface area contributed by atoms with Crippen molar-refractivity contribution in [3.63, 3.8) is 0 Å². The number of piperidine rings is 1. The van der Waals surface area contributed by atoms with Crippen molar-refractivity contribution in [1.29, 1.82) is 0 Å². The van der Waals surface area contributed by atoms with E-state index < -0.39 is 0 Å². The minimum absolute atomic E-state index is 0.00868. The maximum Gasteiger partial charge on any atom is 0.276 e. The van der Waals surface area contributed by atoms with E-state index in [4.69, 9.17) is 25.3 Å². The third-order valence-corrected chi connectivity index (χ3v) is 6.06. The highest BCUT2D eigenvalue weighted by Crippen LogP contribution is 2.33. The van der Waals surface area contributed by atoms with Crippen LogP contribution in [-0.4, -0.2) is 40.1 Å². The van der Waals surface area contributed by atoms with Crippen LogP contribution < -0.4 is 4.74 Å². The van der Waals surface area contributed by atoms with Gasteiger partial charge >= 0.3 is 0 Å².